The summed E-state index contributed by atoms with van der Waals surface area (Å²) in [6.45, 7) is 0. The van der Waals surface area contributed by atoms with Gasteiger partial charge in [0.05, 0.1) is 7.11 Å². The smallest absolute Gasteiger partial charge is 0.349 e. The Kier molecular flexibility index (Phi) is 2.13. The van der Waals surface area contributed by atoms with Crippen LogP contribution in [0, 0.1) is 0 Å². The summed E-state index contributed by atoms with van der Waals surface area (Å²) in [6, 6.07) is 0. The minimum absolute atomic E-state index is 0.186. The maximum Gasteiger partial charge on any atom is 0.349 e. The van der Waals surface area contributed by atoms with E-state index < -0.39 is 5.69 Å². The fourth-order valence-electron chi connectivity index (χ4n) is 0.590. The highest BCUT2D eigenvalue weighted by molar-refractivity contribution is 9.10. The highest BCUT2D eigenvalue weighted by atomic mass is 79.9. The summed E-state index contributed by atoms with van der Waals surface area (Å²) < 4.78 is 5.21. The first-order chi connectivity index (χ1) is 5.15. The number of nitrogens with zero attached hydrogens (tertiary/aromatic N) is 1. The minimum Gasteiger partial charge on any atom is -0.480 e. The van der Waals surface area contributed by atoms with Crippen LogP contribution in [0.25, 0.3) is 0 Å². The first kappa shape index (κ1) is 8.06. The van der Waals surface area contributed by atoms with Gasteiger partial charge >= 0.3 is 5.69 Å². The van der Waals surface area contributed by atoms with Crippen LogP contribution >= 0.6 is 15.9 Å². The van der Waals surface area contributed by atoms with Crippen LogP contribution in [0.2, 0.25) is 0 Å². The van der Waals surface area contributed by atoms with Crippen LogP contribution in [-0.4, -0.2) is 17.1 Å². The van der Waals surface area contributed by atoms with Crippen LogP contribution in [-0.2, 0) is 0 Å². The summed E-state index contributed by atoms with van der Waals surface area (Å²) in [4.78, 5) is 16.5. The molecule has 0 spiro atoms. The molecule has 0 saturated heterocycles. The zero-order valence-electron chi connectivity index (χ0n) is 5.72. The van der Waals surface area contributed by atoms with Gasteiger partial charge in [0.1, 0.15) is 10.3 Å². The number of nitrogens with two attached hydrogens (primary N) is 1. The normalized spacial score (nSPS) is 9.64. The Morgan fingerprint density at radius 3 is 2.91 bits per heavy atom. The predicted molar refractivity (Wildman–Crippen MR) is 43.5 cm³/mol. The Morgan fingerprint density at radius 1 is 1.73 bits per heavy atom. The number of hydrogen-bond acceptors (Lipinski definition) is 4. The molecular weight excluding hydrogens is 214 g/mol. The SMILES string of the molecule is COc1nc(=O)[nH]c(N)c1Br. The molecule has 0 unspecified atom stereocenters. The van der Waals surface area contributed by atoms with Gasteiger partial charge in [0.15, 0.2) is 0 Å². The largest absolute Gasteiger partial charge is 0.480 e. The number of ether oxygens (including phenoxy) is 1. The number of rotatable bonds is 1. The molecule has 5 nitrogen and oxygen atoms in total. The number of aromatic nitrogens is 2. The number of halogens is 1. The average molecular weight is 220 g/mol. The molecule has 0 amide bonds. The summed E-state index contributed by atoms with van der Waals surface area (Å²) in [5.41, 5.74) is 4.85. The fourth-order valence-corrected chi connectivity index (χ4v) is 0.939. The van der Waals surface area contributed by atoms with E-state index in [1.807, 2.05) is 0 Å². The molecule has 0 fully saturated rings. The van der Waals surface area contributed by atoms with Crippen molar-refractivity contribution in [2.45, 2.75) is 0 Å². The Balaban J connectivity index is 3.36. The van der Waals surface area contributed by atoms with Gasteiger partial charge in [-0.05, 0) is 15.9 Å². The highest BCUT2D eigenvalue weighted by Crippen LogP contribution is 2.23. The van der Waals surface area contributed by atoms with Gasteiger partial charge < -0.3 is 10.5 Å². The van der Waals surface area contributed by atoms with E-state index in [2.05, 4.69) is 25.9 Å². The molecule has 0 radical (unpaired) electrons. The van der Waals surface area contributed by atoms with Crippen molar-refractivity contribution in [2.24, 2.45) is 0 Å². The van der Waals surface area contributed by atoms with Crippen molar-refractivity contribution in [1.82, 2.24) is 9.97 Å². The van der Waals surface area contributed by atoms with E-state index in [1.54, 1.807) is 0 Å². The van der Waals surface area contributed by atoms with Crippen LogP contribution in [0.15, 0.2) is 9.27 Å². The summed E-state index contributed by atoms with van der Waals surface area (Å²) in [5, 5.41) is 0. The molecule has 6 heteroatoms. The molecule has 3 N–H and O–H groups in total. The van der Waals surface area contributed by atoms with E-state index in [1.165, 1.54) is 7.11 Å². The molecule has 1 aromatic rings. The molecular formula is C5H6BrN3O2. The number of nitrogens with one attached hydrogen (secondary N) is 1. The second kappa shape index (κ2) is 2.91. The molecule has 60 valence electrons. The van der Waals surface area contributed by atoms with Gasteiger partial charge in [-0.25, -0.2) is 4.79 Å². The Labute approximate surface area is 70.7 Å². The Hall–Kier alpha value is -1.04. The van der Waals surface area contributed by atoms with Crippen LogP contribution in [0.1, 0.15) is 0 Å². The van der Waals surface area contributed by atoms with E-state index in [-0.39, 0.29) is 11.7 Å². The third-order valence-corrected chi connectivity index (χ3v) is 1.83. The molecule has 1 heterocycles. The maximum absolute atomic E-state index is 10.7. The Morgan fingerprint density at radius 2 is 2.36 bits per heavy atom. The third kappa shape index (κ3) is 1.51. The first-order valence-corrected chi connectivity index (χ1v) is 3.53. The molecule has 0 aliphatic heterocycles. The summed E-state index contributed by atoms with van der Waals surface area (Å²) in [6.07, 6.45) is 0. The number of nitrogen functional groups attached to an aromatic ring is 1. The van der Waals surface area contributed by atoms with Crippen LogP contribution in [0.3, 0.4) is 0 Å². The minimum atomic E-state index is -0.525. The van der Waals surface area contributed by atoms with Crippen molar-refractivity contribution < 1.29 is 4.74 Å². The number of H-pyrrole nitrogens is 1. The van der Waals surface area contributed by atoms with Crippen molar-refractivity contribution in [3.05, 3.63) is 15.0 Å². The zero-order chi connectivity index (χ0) is 8.43. The highest BCUT2D eigenvalue weighted by Gasteiger charge is 2.05. The van der Waals surface area contributed by atoms with Crippen LogP contribution in [0.4, 0.5) is 5.82 Å². The van der Waals surface area contributed by atoms with Gasteiger partial charge in [0.2, 0.25) is 5.88 Å². The van der Waals surface area contributed by atoms with Crippen molar-refractivity contribution in [3.8, 4) is 5.88 Å². The van der Waals surface area contributed by atoms with Gasteiger partial charge in [0, 0.05) is 0 Å². The molecule has 0 aromatic carbocycles. The van der Waals surface area contributed by atoms with Gasteiger partial charge in [-0.15, -0.1) is 0 Å². The summed E-state index contributed by atoms with van der Waals surface area (Å²) >= 11 is 3.09. The average Bonchev–Trinajstić information content (AvgIpc) is 1.96. The summed E-state index contributed by atoms with van der Waals surface area (Å²) in [7, 11) is 1.41. The topological polar surface area (TPSA) is 81.0 Å². The van der Waals surface area contributed by atoms with Crippen molar-refractivity contribution in [1.29, 1.82) is 0 Å². The van der Waals surface area contributed by atoms with Gasteiger partial charge in [-0.3, -0.25) is 4.98 Å². The second-order valence-electron chi connectivity index (χ2n) is 1.78. The van der Waals surface area contributed by atoms with Gasteiger partial charge in [-0.2, -0.15) is 4.98 Å². The number of hydrogen-bond donors (Lipinski definition) is 2. The van der Waals surface area contributed by atoms with Gasteiger partial charge in [-0.1, -0.05) is 0 Å². The lowest BCUT2D eigenvalue weighted by Crippen LogP contribution is -2.14. The quantitative estimate of drug-likeness (QED) is 0.704. The van der Waals surface area contributed by atoms with E-state index in [0.29, 0.717) is 4.47 Å². The molecule has 0 bridgehead atoms. The van der Waals surface area contributed by atoms with Crippen LogP contribution < -0.4 is 16.2 Å². The van der Waals surface area contributed by atoms with Crippen molar-refractivity contribution in [3.63, 3.8) is 0 Å². The monoisotopic (exact) mass is 219 g/mol. The maximum atomic E-state index is 10.7. The molecule has 0 aliphatic carbocycles. The second-order valence-corrected chi connectivity index (χ2v) is 2.57. The predicted octanol–water partition coefficient (Wildman–Crippen LogP) is 0.123. The molecule has 1 rings (SSSR count). The van der Waals surface area contributed by atoms with Crippen molar-refractivity contribution >= 4 is 21.7 Å². The van der Waals surface area contributed by atoms with Crippen LogP contribution in [0.5, 0.6) is 5.88 Å². The van der Waals surface area contributed by atoms with Gasteiger partial charge in [0.25, 0.3) is 0 Å². The number of anilines is 1. The molecule has 0 aliphatic rings. The number of methoxy groups -OCH3 is 1. The van der Waals surface area contributed by atoms with E-state index in [0.717, 1.165) is 0 Å². The molecule has 1 aromatic heterocycles. The zero-order valence-corrected chi connectivity index (χ0v) is 7.31. The van der Waals surface area contributed by atoms with E-state index in [4.69, 9.17) is 10.5 Å². The van der Waals surface area contributed by atoms with E-state index in [9.17, 15) is 4.79 Å². The third-order valence-electron chi connectivity index (χ3n) is 1.06. The Bertz CT molecular complexity index is 322. The van der Waals surface area contributed by atoms with E-state index >= 15 is 0 Å². The lowest BCUT2D eigenvalue weighted by Gasteiger charge is -2.01. The molecule has 11 heavy (non-hydrogen) atoms. The lowest BCUT2D eigenvalue weighted by atomic mass is 10.6. The fraction of sp³-hybridized carbons (Fsp3) is 0.200. The molecule has 0 atom stereocenters. The summed E-state index contributed by atoms with van der Waals surface area (Å²) in [5.74, 6) is 0.396. The molecule has 0 saturated carbocycles. The van der Waals surface area contributed by atoms with Crippen molar-refractivity contribution in [2.75, 3.05) is 12.8 Å². The first-order valence-electron chi connectivity index (χ1n) is 2.74. The lowest BCUT2D eigenvalue weighted by molar-refractivity contribution is 0.392. The standard InChI is InChI=1S/C5H6BrN3O2/c1-11-4-2(6)3(7)8-5(10)9-4/h1H3,(H3,7,8,9,10). The number of aromatic amines is 1.